The molecule has 1 fully saturated rings. The van der Waals surface area contributed by atoms with Gasteiger partial charge in [-0.15, -0.1) is 0 Å². The van der Waals surface area contributed by atoms with Gasteiger partial charge >= 0.3 is 0 Å². The van der Waals surface area contributed by atoms with Gasteiger partial charge < -0.3 is 30.5 Å². The van der Waals surface area contributed by atoms with E-state index in [1.54, 1.807) is 0 Å². The molecule has 0 unspecified atom stereocenters. The number of hydrogen-bond donors (Lipinski definition) is 4. The van der Waals surface area contributed by atoms with E-state index in [1.807, 2.05) is 0 Å². The topological polar surface area (TPSA) is 149 Å². The molecule has 2 aromatic rings. The molecule has 1 aliphatic rings. The third-order valence-corrected chi connectivity index (χ3v) is 3.39. The van der Waals surface area contributed by atoms with Gasteiger partial charge in [-0.25, -0.2) is 4.98 Å². The van der Waals surface area contributed by atoms with Crippen molar-refractivity contribution in [2.45, 2.75) is 24.5 Å². The molecule has 114 valence electrons. The number of nitrogen functional groups attached to an aromatic ring is 1. The number of nitrogens with two attached hydrogens (primary N) is 1. The average Bonchev–Trinajstić information content (AvgIpc) is 3.01. The fourth-order valence-electron chi connectivity index (χ4n) is 2.35. The third kappa shape index (κ3) is 2.08. The molecule has 0 saturated carbocycles. The summed E-state index contributed by atoms with van der Waals surface area (Å²) in [5.41, 5.74) is 6.26. The molecule has 0 aliphatic carbocycles. The maximum Gasteiger partial charge on any atom is 0.246 e. The molecule has 10 heteroatoms. The van der Waals surface area contributed by atoms with Crippen LogP contribution in [0.5, 0.6) is 5.88 Å². The molecule has 3 heterocycles. The summed E-state index contributed by atoms with van der Waals surface area (Å²) in [6, 6.07) is 0. The van der Waals surface area contributed by atoms with E-state index in [0.29, 0.717) is 11.2 Å². The molecule has 0 radical (unpaired) electrons. The lowest BCUT2D eigenvalue weighted by molar-refractivity contribution is -0.0511. The Morgan fingerprint density at radius 3 is 2.76 bits per heavy atom. The van der Waals surface area contributed by atoms with E-state index in [0.717, 1.165) is 0 Å². The second-order valence-corrected chi connectivity index (χ2v) is 4.64. The molecule has 10 nitrogen and oxygen atoms in total. The van der Waals surface area contributed by atoms with Gasteiger partial charge in [0.15, 0.2) is 17.4 Å². The predicted molar refractivity (Wildman–Crippen MR) is 69.3 cm³/mol. The number of aliphatic hydroxyl groups excluding tert-OH is 3. The largest absolute Gasteiger partial charge is 0.479 e. The minimum atomic E-state index is -1.23. The van der Waals surface area contributed by atoms with Crippen LogP contribution in [-0.4, -0.2) is 66.9 Å². The molecule has 21 heavy (non-hydrogen) atoms. The normalized spacial score (nSPS) is 29.1. The van der Waals surface area contributed by atoms with E-state index >= 15 is 0 Å². The van der Waals surface area contributed by atoms with Crippen LogP contribution < -0.4 is 10.5 Å². The fraction of sp³-hybridized carbons (Fsp3) is 0.545. The van der Waals surface area contributed by atoms with Crippen LogP contribution in [-0.2, 0) is 4.74 Å². The van der Waals surface area contributed by atoms with Crippen LogP contribution in [0.2, 0.25) is 0 Å². The van der Waals surface area contributed by atoms with Crippen LogP contribution in [0.15, 0.2) is 6.33 Å². The summed E-state index contributed by atoms with van der Waals surface area (Å²) in [4.78, 5) is 12.1. The Balaban J connectivity index is 2.07. The molecular weight excluding hydrogens is 282 g/mol. The van der Waals surface area contributed by atoms with Gasteiger partial charge in [0.2, 0.25) is 11.8 Å². The Hall–Kier alpha value is -2.01. The zero-order chi connectivity index (χ0) is 15.1. The van der Waals surface area contributed by atoms with Gasteiger partial charge in [-0.1, -0.05) is 0 Å². The van der Waals surface area contributed by atoms with Gasteiger partial charge in [-0.3, -0.25) is 4.57 Å². The highest BCUT2D eigenvalue weighted by atomic mass is 16.6. The maximum atomic E-state index is 10.0. The van der Waals surface area contributed by atoms with E-state index < -0.39 is 31.1 Å². The van der Waals surface area contributed by atoms with Crippen molar-refractivity contribution in [1.82, 2.24) is 19.5 Å². The van der Waals surface area contributed by atoms with Crippen LogP contribution >= 0.6 is 0 Å². The summed E-state index contributed by atoms with van der Waals surface area (Å²) < 4.78 is 11.9. The monoisotopic (exact) mass is 297 g/mol. The predicted octanol–water partition coefficient (Wildman–Crippen LogP) is -1.97. The van der Waals surface area contributed by atoms with E-state index in [4.69, 9.17) is 20.3 Å². The number of aliphatic hydroxyl groups is 3. The summed E-state index contributed by atoms with van der Waals surface area (Å²) in [7, 11) is 1.42. The van der Waals surface area contributed by atoms with Gasteiger partial charge in [0.05, 0.1) is 20.0 Å². The Kier molecular flexibility index (Phi) is 3.37. The highest BCUT2D eigenvalue weighted by Crippen LogP contribution is 2.32. The molecule has 4 atom stereocenters. The zero-order valence-corrected chi connectivity index (χ0v) is 11.1. The fourth-order valence-corrected chi connectivity index (χ4v) is 2.35. The number of imidazole rings is 1. The van der Waals surface area contributed by atoms with E-state index in [-0.39, 0.29) is 11.8 Å². The molecule has 0 spiro atoms. The highest BCUT2D eigenvalue weighted by molar-refractivity contribution is 5.77. The maximum absolute atomic E-state index is 10.0. The van der Waals surface area contributed by atoms with Crippen molar-refractivity contribution in [2.24, 2.45) is 0 Å². The number of fused-ring (bicyclic) bond motifs is 1. The van der Waals surface area contributed by atoms with Crippen LogP contribution in [0.4, 0.5) is 5.95 Å². The summed E-state index contributed by atoms with van der Waals surface area (Å²) in [6.07, 6.45) is -2.90. The van der Waals surface area contributed by atoms with Crippen LogP contribution in [0, 0.1) is 0 Å². The standard InChI is InChI=1S/C11H15N5O5/c1-20-9-5-8(14-11(12)15-9)16(3-13-5)10-7(19)6(18)4(2-17)21-10/h3-4,6-7,10,17-19H,2H2,1H3,(H2,12,14,15)/t4-,6+,7-,10-/m0/s1. The van der Waals surface area contributed by atoms with E-state index in [9.17, 15) is 10.2 Å². The number of anilines is 1. The number of nitrogens with zero attached hydrogens (tertiary/aromatic N) is 4. The van der Waals surface area contributed by atoms with Crippen molar-refractivity contribution in [1.29, 1.82) is 0 Å². The van der Waals surface area contributed by atoms with Crippen molar-refractivity contribution in [3.05, 3.63) is 6.33 Å². The van der Waals surface area contributed by atoms with Gasteiger partial charge in [-0.2, -0.15) is 9.97 Å². The van der Waals surface area contributed by atoms with Crippen molar-refractivity contribution in [3.63, 3.8) is 0 Å². The third-order valence-electron chi connectivity index (χ3n) is 3.39. The van der Waals surface area contributed by atoms with Crippen LogP contribution in [0.25, 0.3) is 11.2 Å². The SMILES string of the molecule is COc1nc(N)nc2c1ncn2[C@H]1O[C@@H](CO)[C@@H](O)[C@@H]1O. The molecule has 0 bridgehead atoms. The lowest BCUT2D eigenvalue weighted by Crippen LogP contribution is -2.33. The van der Waals surface area contributed by atoms with Crippen molar-refractivity contribution < 1.29 is 24.8 Å². The molecule has 5 N–H and O–H groups in total. The molecule has 0 amide bonds. The quantitative estimate of drug-likeness (QED) is 0.506. The first kappa shape index (κ1) is 13.9. The van der Waals surface area contributed by atoms with Gasteiger partial charge in [0.1, 0.15) is 18.3 Å². The lowest BCUT2D eigenvalue weighted by Gasteiger charge is -2.16. The number of hydrogen-bond acceptors (Lipinski definition) is 9. The molecule has 1 saturated heterocycles. The smallest absolute Gasteiger partial charge is 0.246 e. The highest BCUT2D eigenvalue weighted by Gasteiger charge is 2.44. The van der Waals surface area contributed by atoms with E-state index in [1.165, 1.54) is 18.0 Å². The summed E-state index contributed by atoms with van der Waals surface area (Å²) in [6.45, 7) is -0.415. The minimum Gasteiger partial charge on any atom is -0.479 e. The Bertz CT molecular complexity index is 662. The molecule has 3 rings (SSSR count). The van der Waals surface area contributed by atoms with Crippen molar-refractivity contribution in [2.75, 3.05) is 19.5 Å². The first-order chi connectivity index (χ1) is 10.1. The zero-order valence-electron chi connectivity index (χ0n) is 11.1. The summed E-state index contributed by atoms with van der Waals surface area (Å²) >= 11 is 0. The number of aromatic nitrogens is 4. The summed E-state index contributed by atoms with van der Waals surface area (Å²) in [5, 5.41) is 29.0. The Labute approximate surface area is 118 Å². The molecule has 2 aromatic heterocycles. The Morgan fingerprint density at radius 2 is 2.14 bits per heavy atom. The average molecular weight is 297 g/mol. The molecule has 1 aliphatic heterocycles. The van der Waals surface area contributed by atoms with Gasteiger partial charge in [-0.05, 0) is 0 Å². The van der Waals surface area contributed by atoms with Gasteiger partial charge in [0.25, 0.3) is 0 Å². The summed E-state index contributed by atoms with van der Waals surface area (Å²) in [5.74, 6) is 0.177. The molecule has 0 aromatic carbocycles. The first-order valence-corrected chi connectivity index (χ1v) is 6.23. The van der Waals surface area contributed by atoms with Crippen molar-refractivity contribution in [3.8, 4) is 5.88 Å². The lowest BCUT2D eigenvalue weighted by atomic mass is 10.1. The minimum absolute atomic E-state index is 0.0205. The number of rotatable bonds is 3. The second-order valence-electron chi connectivity index (χ2n) is 4.64. The van der Waals surface area contributed by atoms with E-state index in [2.05, 4.69) is 15.0 Å². The number of ether oxygens (including phenoxy) is 2. The second kappa shape index (κ2) is 5.07. The van der Waals surface area contributed by atoms with Crippen LogP contribution in [0.1, 0.15) is 6.23 Å². The number of methoxy groups -OCH3 is 1. The Morgan fingerprint density at radius 1 is 1.38 bits per heavy atom. The van der Waals surface area contributed by atoms with Gasteiger partial charge in [0, 0.05) is 0 Å². The van der Waals surface area contributed by atoms with Crippen LogP contribution in [0.3, 0.4) is 0 Å². The first-order valence-electron chi connectivity index (χ1n) is 6.23. The molecular formula is C11H15N5O5. The van der Waals surface area contributed by atoms with Crippen molar-refractivity contribution >= 4 is 17.1 Å².